The van der Waals surface area contributed by atoms with E-state index in [1.54, 1.807) is 0 Å². The lowest BCUT2D eigenvalue weighted by Gasteiger charge is -2.14. The Hall–Kier alpha value is -1.61. The minimum absolute atomic E-state index is 0.356. The summed E-state index contributed by atoms with van der Waals surface area (Å²) >= 11 is 0. The standard InChI is InChI=1S/C16H23N3/c1-4-8-19-12-15(11-18-19)10-17-14(3)16-7-5-6-13(2)9-16/h5-7,9,11-12,14,17H,4,8,10H2,1-3H3/t14-/m0/s1. The molecule has 2 aromatic rings. The maximum absolute atomic E-state index is 4.35. The Morgan fingerprint density at radius 1 is 1.37 bits per heavy atom. The maximum Gasteiger partial charge on any atom is 0.0534 e. The van der Waals surface area contributed by atoms with Crippen LogP contribution in [0.5, 0.6) is 0 Å². The van der Waals surface area contributed by atoms with Crippen molar-refractivity contribution < 1.29 is 0 Å². The van der Waals surface area contributed by atoms with Gasteiger partial charge in [0.1, 0.15) is 0 Å². The van der Waals surface area contributed by atoms with Crippen LogP contribution in [-0.4, -0.2) is 9.78 Å². The zero-order valence-electron chi connectivity index (χ0n) is 12.1. The second-order valence-corrected chi connectivity index (χ2v) is 5.13. The molecule has 1 atom stereocenters. The highest BCUT2D eigenvalue weighted by molar-refractivity contribution is 5.24. The highest BCUT2D eigenvalue weighted by atomic mass is 15.3. The number of rotatable bonds is 6. The number of aryl methyl sites for hydroxylation is 2. The van der Waals surface area contributed by atoms with Gasteiger partial charge in [-0.25, -0.2) is 0 Å². The van der Waals surface area contributed by atoms with E-state index in [2.05, 4.69) is 61.6 Å². The lowest BCUT2D eigenvalue weighted by atomic mass is 10.1. The fourth-order valence-corrected chi connectivity index (χ4v) is 2.18. The fraction of sp³-hybridized carbons (Fsp3) is 0.438. The molecule has 19 heavy (non-hydrogen) atoms. The first-order chi connectivity index (χ1) is 9.19. The van der Waals surface area contributed by atoms with Crippen LogP contribution in [0.2, 0.25) is 0 Å². The van der Waals surface area contributed by atoms with Crippen molar-refractivity contribution in [3.8, 4) is 0 Å². The van der Waals surface area contributed by atoms with Gasteiger partial charge in [-0.1, -0.05) is 36.8 Å². The van der Waals surface area contributed by atoms with E-state index in [1.807, 2.05) is 10.9 Å². The fourth-order valence-electron chi connectivity index (χ4n) is 2.18. The molecule has 3 heteroatoms. The maximum atomic E-state index is 4.35. The summed E-state index contributed by atoms with van der Waals surface area (Å²) in [6.45, 7) is 8.35. The normalized spacial score (nSPS) is 12.6. The van der Waals surface area contributed by atoms with Crippen molar-refractivity contribution in [3.63, 3.8) is 0 Å². The number of hydrogen-bond acceptors (Lipinski definition) is 2. The predicted molar refractivity (Wildman–Crippen MR) is 79.0 cm³/mol. The summed E-state index contributed by atoms with van der Waals surface area (Å²) in [4.78, 5) is 0. The molecule has 0 fully saturated rings. The van der Waals surface area contributed by atoms with E-state index in [-0.39, 0.29) is 0 Å². The minimum atomic E-state index is 0.356. The molecule has 0 aliphatic rings. The van der Waals surface area contributed by atoms with Crippen molar-refractivity contribution in [1.82, 2.24) is 15.1 Å². The lowest BCUT2D eigenvalue weighted by Crippen LogP contribution is -2.17. The van der Waals surface area contributed by atoms with Crippen molar-refractivity contribution >= 4 is 0 Å². The first kappa shape index (κ1) is 13.8. The van der Waals surface area contributed by atoms with Gasteiger partial charge in [0.2, 0.25) is 0 Å². The SMILES string of the molecule is CCCn1cc(CN[C@@H](C)c2cccc(C)c2)cn1. The number of aromatic nitrogens is 2. The summed E-state index contributed by atoms with van der Waals surface area (Å²) in [5.41, 5.74) is 3.89. The molecule has 0 amide bonds. The van der Waals surface area contributed by atoms with E-state index in [0.717, 1.165) is 19.5 Å². The van der Waals surface area contributed by atoms with Gasteiger partial charge >= 0.3 is 0 Å². The topological polar surface area (TPSA) is 29.9 Å². The molecule has 1 aromatic heterocycles. The van der Waals surface area contributed by atoms with Crippen molar-refractivity contribution in [2.45, 2.75) is 46.3 Å². The number of hydrogen-bond donors (Lipinski definition) is 1. The number of nitrogens with zero attached hydrogens (tertiary/aromatic N) is 2. The molecule has 3 nitrogen and oxygen atoms in total. The molecule has 102 valence electrons. The first-order valence-corrected chi connectivity index (χ1v) is 7.00. The zero-order valence-corrected chi connectivity index (χ0v) is 12.1. The Labute approximate surface area is 115 Å². The second-order valence-electron chi connectivity index (χ2n) is 5.13. The van der Waals surface area contributed by atoms with E-state index >= 15 is 0 Å². The molecular formula is C16H23N3. The van der Waals surface area contributed by atoms with E-state index in [9.17, 15) is 0 Å². The van der Waals surface area contributed by atoms with Gasteiger partial charge in [0, 0.05) is 30.9 Å². The van der Waals surface area contributed by atoms with E-state index in [4.69, 9.17) is 0 Å². The molecule has 0 unspecified atom stereocenters. The molecule has 0 bridgehead atoms. The summed E-state index contributed by atoms with van der Waals surface area (Å²) in [7, 11) is 0. The second kappa shape index (κ2) is 6.53. The molecule has 1 heterocycles. The van der Waals surface area contributed by atoms with Crippen molar-refractivity contribution in [2.75, 3.05) is 0 Å². The van der Waals surface area contributed by atoms with E-state index in [0.29, 0.717) is 6.04 Å². The summed E-state index contributed by atoms with van der Waals surface area (Å²) in [6.07, 6.45) is 5.19. The molecule has 0 saturated carbocycles. The Morgan fingerprint density at radius 2 is 2.21 bits per heavy atom. The zero-order chi connectivity index (χ0) is 13.7. The first-order valence-electron chi connectivity index (χ1n) is 7.00. The Morgan fingerprint density at radius 3 is 2.95 bits per heavy atom. The van der Waals surface area contributed by atoms with Gasteiger partial charge in [-0.05, 0) is 25.8 Å². The minimum Gasteiger partial charge on any atom is -0.306 e. The van der Waals surface area contributed by atoms with Gasteiger partial charge in [-0.15, -0.1) is 0 Å². The van der Waals surface area contributed by atoms with Gasteiger partial charge < -0.3 is 5.32 Å². The third kappa shape index (κ3) is 3.93. The third-order valence-electron chi connectivity index (χ3n) is 3.29. The smallest absolute Gasteiger partial charge is 0.0534 e. The summed E-state index contributed by atoms with van der Waals surface area (Å²) in [6, 6.07) is 9.01. The van der Waals surface area contributed by atoms with Crippen LogP contribution >= 0.6 is 0 Å². The highest BCUT2D eigenvalue weighted by Gasteiger charge is 2.05. The van der Waals surface area contributed by atoms with Crippen LogP contribution in [0.1, 0.15) is 43.0 Å². The lowest BCUT2D eigenvalue weighted by molar-refractivity contribution is 0.571. The van der Waals surface area contributed by atoms with Gasteiger partial charge in [-0.3, -0.25) is 4.68 Å². The van der Waals surface area contributed by atoms with E-state index in [1.165, 1.54) is 16.7 Å². The van der Waals surface area contributed by atoms with Crippen molar-refractivity contribution in [2.24, 2.45) is 0 Å². The number of benzene rings is 1. The average Bonchev–Trinajstić information content (AvgIpc) is 2.84. The Kier molecular flexibility index (Phi) is 4.74. The molecule has 0 aliphatic heterocycles. The quantitative estimate of drug-likeness (QED) is 0.859. The van der Waals surface area contributed by atoms with E-state index < -0.39 is 0 Å². The monoisotopic (exact) mass is 257 g/mol. The van der Waals surface area contributed by atoms with Crippen LogP contribution in [0.4, 0.5) is 0 Å². The Balaban J connectivity index is 1.90. The molecule has 1 aromatic carbocycles. The molecule has 0 spiro atoms. The van der Waals surface area contributed by atoms with Crippen LogP contribution < -0.4 is 5.32 Å². The molecule has 1 N–H and O–H groups in total. The third-order valence-corrected chi connectivity index (χ3v) is 3.29. The average molecular weight is 257 g/mol. The molecular weight excluding hydrogens is 234 g/mol. The van der Waals surface area contributed by atoms with Crippen LogP contribution in [-0.2, 0) is 13.1 Å². The van der Waals surface area contributed by atoms with Crippen molar-refractivity contribution in [1.29, 1.82) is 0 Å². The summed E-state index contributed by atoms with van der Waals surface area (Å²) < 4.78 is 2.01. The van der Waals surface area contributed by atoms with Gasteiger partial charge in [0.05, 0.1) is 6.20 Å². The number of nitrogens with one attached hydrogen (secondary N) is 1. The van der Waals surface area contributed by atoms with Gasteiger partial charge in [0.15, 0.2) is 0 Å². The molecule has 0 aliphatic carbocycles. The predicted octanol–water partition coefficient (Wildman–Crippen LogP) is 3.45. The van der Waals surface area contributed by atoms with Crippen LogP contribution in [0, 0.1) is 6.92 Å². The van der Waals surface area contributed by atoms with Gasteiger partial charge in [-0.2, -0.15) is 5.10 Å². The summed E-state index contributed by atoms with van der Waals surface area (Å²) in [5, 5.41) is 7.89. The van der Waals surface area contributed by atoms with Crippen LogP contribution in [0.25, 0.3) is 0 Å². The van der Waals surface area contributed by atoms with Gasteiger partial charge in [0.25, 0.3) is 0 Å². The molecule has 0 saturated heterocycles. The summed E-state index contributed by atoms with van der Waals surface area (Å²) in [5.74, 6) is 0. The highest BCUT2D eigenvalue weighted by Crippen LogP contribution is 2.14. The molecule has 0 radical (unpaired) electrons. The molecule has 2 rings (SSSR count). The van der Waals surface area contributed by atoms with Crippen LogP contribution in [0.3, 0.4) is 0 Å². The largest absolute Gasteiger partial charge is 0.306 e. The van der Waals surface area contributed by atoms with Crippen molar-refractivity contribution in [3.05, 3.63) is 53.3 Å². The Bertz CT molecular complexity index is 516. The van der Waals surface area contributed by atoms with Crippen LogP contribution in [0.15, 0.2) is 36.7 Å².